The fourth-order valence-electron chi connectivity index (χ4n) is 5.55. The SMILES string of the molecule is NC(=O)C(=O)OC1CN(C(=O)c2ccc(Nc3nccn4c(-c5cn[nH]c5C(F)(F)F)cnc34)cc2Cl)CCN1[C@@H]1CCNC1. The molecular weight excluding hydrogens is 621 g/mol. The number of esters is 1. The van der Waals surface area contributed by atoms with Gasteiger partial charge in [0.1, 0.15) is 5.69 Å². The summed E-state index contributed by atoms with van der Waals surface area (Å²) < 4.78 is 47.2. The Hall–Kier alpha value is -4.74. The van der Waals surface area contributed by atoms with Gasteiger partial charge in [-0.05, 0) is 31.2 Å². The number of benzene rings is 1. The van der Waals surface area contributed by atoms with Crippen LogP contribution in [0.1, 0.15) is 22.5 Å². The first kappa shape index (κ1) is 30.3. The van der Waals surface area contributed by atoms with Gasteiger partial charge in [-0.25, -0.2) is 14.8 Å². The van der Waals surface area contributed by atoms with Crippen molar-refractivity contribution in [1.29, 1.82) is 0 Å². The van der Waals surface area contributed by atoms with E-state index in [1.807, 2.05) is 10.00 Å². The van der Waals surface area contributed by atoms with Crippen molar-refractivity contribution >= 4 is 46.5 Å². The van der Waals surface area contributed by atoms with E-state index in [4.69, 9.17) is 22.1 Å². The summed E-state index contributed by atoms with van der Waals surface area (Å²) in [5.74, 6) is -2.59. The molecule has 5 heterocycles. The van der Waals surface area contributed by atoms with Crippen LogP contribution >= 0.6 is 11.6 Å². The van der Waals surface area contributed by atoms with E-state index < -0.39 is 35.9 Å². The number of imidazole rings is 1. The van der Waals surface area contributed by atoms with Gasteiger partial charge in [0, 0.05) is 43.8 Å². The van der Waals surface area contributed by atoms with E-state index in [1.54, 1.807) is 6.07 Å². The number of aromatic amines is 1. The third-order valence-corrected chi connectivity index (χ3v) is 8.01. The molecule has 2 atom stereocenters. The van der Waals surface area contributed by atoms with E-state index in [1.165, 1.54) is 40.0 Å². The molecule has 0 bridgehead atoms. The Morgan fingerprint density at radius 1 is 1.16 bits per heavy atom. The molecule has 5 N–H and O–H groups in total. The zero-order valence-corrected chi connectivity index (χ0v) is 24.1. The maximum atomic E-state index is 13.5. The number of nitrogens with two attached hydrogens (primary N) is 1. The number of primary amides is 1. The number of rotatable bonds is 6. The summed E-state index contributed by atoms with van der Waals surface area (Å²) in [5.41, 5.74) is 4.94. The lowest BCUT2D eigenvalue weighted by molar-refractivity contribution is -0.171. The van der Waals surface area contributed by atoms with Crippen LogP contribution in [0.4, 0.5) is 24.7 Å². The highest BCUT2D eigenvalue weighted by Gasteiger charge is 2.39. The maximum Gasteiger partial charge on any atom is 0.433 e. The number of anilines is 2. The van der Waals surface area contributed by atoms with Crippen molar-refractivity contribution in [3.8, 4) is 11.3 Å². The predicted molar refractivity (Wildman–Crippen MR) is 153 cm³/mol. The zero-order valence-electron chi connectivity index (χ0n) is 23.3. The van der Waals surface area contributed by atoms with Crippen LogP contribution in [-0.2, 0) is 20.5 Å². The lowest BCUT2D eigenvalue weighted by atomic mass is 10.1. The number of hydrogen-bond acceptors (Lipinski definition) is 10. The minimum atomic E-state index is -4.64. The van der Waals surface area contributed by atoms with Gasteiger partial charge in [0.05, 0.1) is 40.8 Å². The number of ether oxygens (including phenoxy) is 1. The van der Waals surface area contributed by atoms with Gasteiger partial charge >= 0.3 is 18.1 Å². The minimum Gasteiger partial charge on any atom is -0.437 e. The largest absolute Gasteiger partial charge is 0.437 e. The first-order valence-corrected chi connectivity index (χ1v) is 14.1. The van der Waals surface area contributed by atoms with E-state index in [0.29, 0.717) is 25.3 Å². The standard InChI is InChI=1S/C27H26ClF3N10O4/c28-18-9-14(37-23-24-35-12-19(41(24)6-5-34-23)17-11-36-38-21(17)27(29,30)31)1-2-16(18)25(43)39-7-8-40(15-3-4-33-10-15)20(13-39)45-26(44)22(32)42/h1-2,5-6,9,11-12,15,20,33H,3-4,7-8,10,13H2,(H2,32,42)(H,34,37)(H,36,38)/t15-,20?/m1/s1. The van der Waals surface area contributed by atoms with Crippen molar-refractivity contribution in [2.45, 2.75) is 24.9 Å². The summed E-state index contributed by atoms with van der Waals surface area (Å²) in [6.07, 6.45) is 0.541. The quantitative estimate of drug-likeness (QED) is 0.179. The van der Waals surface area contributed by atoms with E-state index >= 15 is 0 Å². The molecular formula is C27H26ClF3N10O4. The van der Waals surface area contributed by atoms with Crippen LogP contribution in [0.2, 0.25) is 5.02 Å². The highest BCUT2D eigenvalue weighted by atomic mass is 35.5. The number of alkyl halides is 3. The maximum absolute atomic E-state index is 13.5. The monoisotopic (exact) mass is 646 g/mol. The van der Waals surface area contributed by atoms with Crippen LogP contribution in [0, 0.1) is 0 Å². The molecule has 1 aromatic carbocycles. The average Bonchev–Trinajstić information content (AvgIpc) is 3.78. The van der Waals surface area contributed by atoms with Gasteiger partial charge in [-0.1, -0.05) is 11.6 Å². The highest BCUT2D eigenvalue weighted by Crippen LogP contribution is 2.36. The Morgan fingerprint density at radius 2 is 1.98 bits per heavy atom. The fourth-order valence-corrected chi connectivity index (χ4v) is 5.81. The molecule has 45 heavy (non-hydrogen) atoms. The van der Waals surface area contributed by atoms with E-state index in [-0.39, 0.29) is 45.9 Å². The Morgan fingerprint density at radius 3 is 2.69 bits per heavy atom. The Balaban J connectivity index is 1.20. The molecule has 6 rings (SSSR count). The minimum absolute atomic E-state index is 0.00549. The normalized spacial score (nSPS) is 19.2. The lowest BCUT2D eigenvalue weighted by Crippen LogP contribution is -2.60. The second kappa shape index (κ2) is 12.0. The summed E-state index contributed by atoms with van der Waals surface area (Å²) in [7, 11) is 0. The van der Waals surface area contributed by atoms with Crippen molar-refractivity contribution in [1.82, 2.24) is 39.7 Å². The number of aromatic nitrogens is 5. The molecule has 1 unspecified atom stereocenters. The van der Waals surface area contributed by atoms with Crippen molar-refractivity contribution in [2.75, 3.05) is 38.0 Å². The van der Waals surface area contributed by atoms with Gasteiger partial charge in [0.15, 0.2) is 17.7 Å². The Kier molecular flexibility index (Phi) is 8.07. The molecule has 236 valence electrons. The van der Waals surface area contributed by atoms with Gasteiger partial charge < -0.3 is 26.0 Å². The Bertz CT molecular complexity index is 1770. The molecule has 2 fully saturated rings. The third-order valence-electron chi connectivity index (χ3n) is 7.70. The van der Waals surface area contributed by atoms with Gasteiger partial charge in [-0.15, -0.1) is 0 Å². The first-order chi connectivity index (χ1) is 21.5. The number of hydrogen-bond donors (Lipinski definition) is 4. The predicted octanol–water partition coefficient (Wildman–Crippen LogP) is 2.01. The lowest BCUT2D eigenvalue weighted by Gasteiger charge is -2.43. The number of nitrogens with one attached hydrogen (secondary N) is 3. The molecule has 0 spiro atoms. The van der Waals surface area contributed by atoms with Crippen LogP contribution in [0.25, 0.3) is 16.9 Å². The van der Waals surface area contributed by atoms with E-state index in [9.17, 15) is 27.6 Å². The van der Waals surface area contributed by atoms with Crippen molar-refractivity contribution in [3.63, 3.8) is 0 Å². The van der Waals surface area contributed by atoms with Gasteiger partial charge in [-0.2, -0.15) is 18.3 Å². The first-order valence-electron chi connectivity index (χ1n) is 13.8. The summed E-state index contributed by atoms with van der Waals surface area (Å²) in [6, 6.07) is 4.68. The molecule has 2 aliphatic rings. The summed E-state index contributed by atoms with van der Waals surface area (Å²) in [6.45, 7) is 2.21. The second-order valence-electron chi connectivity index (χ2n) is 10.4. The van der Waals surface area contributed by atoms with Crippen LogP contribution in [-0.4, -0.2) is 97.1 Å². The fraction of sp³-hybridized carbons (Fsp3) is 0.333. The number of halogens is 4. The molecule has 14 nitrogen and oxygen atoms in total. The van der Waals surface area contributed by atoms with Gasteiger partial charge in [0.2, 0.25) is 0 Å². The number of carbonyl (C=O) groups excluding carboxylic acids is 3. The van der Waals surface area contributed by atoms with Gasteiger partial charge in [0.25, 0.3) is 5.91 Å². The molecule has 0 aliphatic carbocycles. The molecule has 2 aliphatic heterocycles. The number of fused-ring (bicyclic) bond motifs is 1. The number of H-pyrrole nitrogens is 1. The van der Waals surface area contributed by atoms with Crippen molar-refractivity contribution < 1.29 is 32.3 Å². The summed E-state index contributed by atoms with van der Waals surface area (Å²) >= 11 is 6.54. The number of amides is 2. The molecule has 0 radical (unpaired) electrons. The third kappa shape index (κ3) is 6.01. The highest BCUT2D eigenvalue weighted by molar-refractivity contribution is 6.34. The average molecular weight is 647 g/mol. The second-order valence-corrected chi connectivity index (χ2v) is 10.9. The molecule has 2 saturated heterocycles. The number of carbonyl (C=O) groups is 3. The van der Waals surface area contributed by atoms with Gasteiger partial charge in [-0.3, -0.25) is 24.0 Å². The van der Waals surface area contributed by atoms with Crippen molar-refractivity contribution in [3.05, 3.63) is 59.3 Å². The zero-order chi connectivity index (χ0) is 31.9. The summed E-state index contributed by atoms with van der Waals surface area (Å²) in [5, 5.41) is 11.9. The van der Waals surface area contributed by atoms with Crippen LogP contribution in [0.3, 0.4) is 0 Å². The molecule has 18 heteroatoms. The Labute approximate surface area is 257 Å². The number of nitrogens with zero attached hydrogens (tertiary/aromatic N) is 6. The molecule has 0 saturated carbocycles. The molecule has 3 aromatic heterocycles. The van der Waals surface area contributed by atoms with Crippen LogP contribution in [0.15, 0.2) is 43.0 Å². The number of piperazine rings is 1. The van der Waals surface area contributed by atoms with E-state index in [2.05, 4.69) is 25.7 Å². The molecule has 4 aromatic rings. The van der Waals surface area contributed by atoms with Crippen molar-refractivity contribution in [2.24, 2.45) is 5.73 Å². The smallest absolute Gasteiger partial charge is 0.433 e. The van der Waals surface area contributed by atoms with Crippen LogP contribution in [0.5, 0.6) is 0 Å². The summed E-state index contributed by atoms with van der Waals surface area (Å²) in [4.78, 5) is 48.9. The van der Waals surface area contributed by atoms with E-state index in [0.717, 1.165) is 19.2 Å². The van der Waals surface area contributed by atoms with Crippen LogP contribution < -0.4 is 16.4 Å². The molecule has 2 amide bonds. The topological polar surface area (TPSA) is 176 Å².